The van der Waals surface area contributed by atoms with Crippen LogP contribution in [0.3, 0.4) is 0 Å². The minimum atomic E-state index is -0.433. The van der Waals surface area contributed by atoms with Crippen molar-refractivity contribution in [2.24, 2.45) is 0 Å². The molecular weight excluding hydrogens is 418 g/mol. The van der Waals surface area contributed by atoms with Crippen molar-refractivity contribution in [2.75, 3.05) is 11.9 Å². The third-order valence-corrected chi connectivity index (χ3v) is 6.81. The lowest BCUT2D eigenvalue weighted by atomic mass is 10.0. The second-order valence-electron chi connectivity index (χ2n) is 7.04. The first-order valence-corrected chi connectivity index (χ1v) is 11.7. The highest BCUT2D eigenvalue weighted by atomic mass is 32.2. The molecule has 156 valence electrons. The number of nitrogens with zero attached hydrogens (tertiary/aromatic N) is 2. The number of thioether (sulfide) groups is 1. The maximum Gasteiger partial charge on any atom is 0.341 e. The van der Waals surface area contributed by atoms with Crippen LogP contribution in [0.5, 0.6) is 0 Å². The molecule has 1 saturated carbocycles. The topological polar surface area (TPSA) is 73.2 Å². The Hall–Kier alpha value is -2.58. The molecule has 1 aliphatic carbocycles. The average molecular weight is 442 g/mol. The van der Waals surface area contributed by atoms with Crippen molar-refractivity contribution in [3.8, 4) is 11.1 Å². The molecule has 8 heteroatoms. The van der Waals surface area contributed by atoms with Crippen LogP contribution in [0.15, 0.2) is 53.3 Å². The van der Waals surface area contributed by atoms with Gasteiger partial charge in [0.2, 0.25) is 5.91 Å². The van der Waals surface area contributed by atoms with E-state index in [0.717, 1.165) is 29.1 Å². The number of imidazole rings is 1. The van der Waals surface area contributed by atoms with Crippen LogP contribution in [0.25, 0.3) is 11.1 Å². The van der Waals surface area contributed by atoms with Crippen LogP contribution >= 0.6 is 23.1 Å². The van der Waals surface area contributed by atoms with E-state index in [0.29, 0.717) is 16.6 Å². The Morgan fingerprint density at radius 2 is 2.10 bits per heavy atom. The molecule has 1 fully saturated rings. The predicted octanol–water partition coefficient (Wildman–Crippen LogP) is 5.24. The fraction of sp³-hybridized carbons (Fsp3) is 0.318. The zero-order valence-electron chi connectivity index (χ0n) is 16.8. The Balaban J connectivity index is 1.54. The molecule has 1 atom stereocenters. The fourth-order valence-corrected chi connectivity index (χ4v) is 5.03. The number of anilines is 1. The summed E-state index contributed by atoms with van der Waals surface area (Å²) in [6, 6.07) is 10.1. The molecule has 0 saturated heterocycles. The summed E-state index contributed by atoms with van der Waals surface area (Å²) >= 11 is 2.76. The van der Waals surface area contributed by atoms with Crippen LogP contribution in [0, 0.1) is 0 Å². The van der Waals surface area contributed by atoms with Gasteiger partial charge in [0.1, 0.15) is 10.6 Å². The third-order valence-electron chi connectivity index (χ3n) is 4.82. The summed E-state index contributed by atoms with van der Waals surface area (Å²) in [6.45, 7) is 3.89. The number of amides is 1. The lowest BCUT2D eigenvalue weighted by molar-refractivity contribution is -0.115. The minimum Gasteiger partial charge on any atom is -0.462 e. The Labute approximate surface area is 183 Å². The summed E-state index contributed by atoms with van der Waals surface area (Å²) in [4.78, 5) is 30.0. The number of hydrogen-bond acceptors (Lipinski definition) is 6. The molecule has 1 amide bonds. The molecule has 0 spiro atoms. The lowest BCUT2D eigenvalue weighted by Crippen LogP contribution is -2.23. The molecule has 4 rings (SSSR count). The Kier molecular flexibility index (Phi) is 6.24. The molecule has 6 nitrogen and oxygen atoms in total. The van der Waals surface area contributed by atoms with E-state index in [1.54, 1.807) is 13.1 Å². The number of aromatic nitrogens is 2. The van der Waals surface area contributed by atoms with E-state index in [1.807, 2.05) is 48.8 Å². The van der Waals surface area contributed by atoms with Crippen LogP contribution in [0.2, 0.25) is 0 Å². The molecule has 0 radical (unpaired) electrons. The zero-order chi connectivity index (χ0) is 21.1. The van der Waals surface area contributed by atoms with Crippen molar-refractivity contribution < 1.29 is 14.3 Å². The molecule has 0 aliphatic heterocycles. The van der Waals surface area contributed by atoms with Crippen LogP contribution in [-0.4, -0.2) is 33.3 Å². The molecule has 1 unspecified atom stereocenters. The molecule has 0 bridgehead atoms. The Morgan fingerprint density at radius 1 is 1.33 bits per heavy atom. The molecule has 30 heavy (non-hydrogen) atoms. The number of carbonyl (C=O) groups excluding carboxylic acids is 2. The summed E-state index contributed by atoms with van der Waals surface area (Å²) < 4.78 is 7.40. The Bertz CT molecular complexity index is 1040. The van der Waals surface area contributed by atoms with Crippen molar-refractivity contribution in [1.29, 1.82) is 0 Å². The van der Waals surface area contributed by atoms with Gasteiger partial charge >= 0.3 is 5.97 Å². The molecule has 2 aromatic heterocycles. The van der Waals surface area contributed by atoms with Gasteiger partial charge in [-0.25, -0.2) is 9.78 Å². The van der Waals surface area contributed by atoms with Crippen molar-refractivity contribution in [3.05, 3.63) is 53.7 Å². The quantitative estimate of drug-likeness (QED) is 0.382. The highest BCUT2D eigenvalue weighted by Crippen LogP contribution is 2.39. The second-order valence-corrected chi connectivity index (χ2v) is 9.23. The number of benzene rings is 1. The summed E-state index contributed by atoms with van der Waals surface area (Å²) in [5, 5.41) is 5.82. The fourth-order valence-electron chi connectivity index (χ4n) is 3.13. The smallest absolute Gasteiger partial charge is 0.341 e. The van der Waals surface area contributed by atoms with Crippen LogP contribution in [0.1, 0.15) is 43.1 Å². The zero-order valence-corrected chi connectivity index (χ0v) is 18.5. The van der Waals surface area contributed by atoms with Crippen molar-refractivity contribution >= 4 is 40.0 Å². The molecular formula is C22H23N3O3S2. The largest absolute Gasteiger partial charge is 0.462 e. The highest BCUT2D eigenvalue weighted by molar-refractivity contribution is 8.00. The van der Waals surface area contributed by atoms with Gasteiger partial charge in [-0.2, -0.15) is 0 Å². The first-order chi connectivity index (χ1) is 14.6. The van der Waals surface area contributed by atoms with E-state index in [2.05, 4.69) is 14.9 Å². The normalized spacial score (nSPS) is 14.3. The van der Waals surface area contributed by atoms with Gasteiger partial charge in [-0.3, -0.25) is 4.79 Å². The second kappa shape index (κ2) is 9.06. The van der Waals surface area contributed by atoms with E-state index in [-0.39, 0.29) is 17.8 Å². The summed E-state index contributed by atoms with van der Waals surface area (Å²) in [5.41, 5.74) is 2.07. The first kappa shape index (κ1) is 20.7. The van der Waals surface area contributed by atoms with Crippen LogP contribution in [0.4, 0.5) is 5.00 Å². The summed E-state index contributed by atoms with van der Waals surface area (Å²) in [6.07, 6.45) is 6.06. The van der Waals surface area contributed by atoms with E-state index < -0.39 is 5.97 Å². The van der Waals surface area contributed by atoms with Crippen molar-refractivity contribution in [2.45, 2.75) is 43.1 Å². The van der Waals surface area contributed by atoms with Gasteiger partial charge < -0.3 is 14.6 Å². The standard InChI is InChI=1S/C22H23N3O3S2/c1-3-28-21(27)18-17(15-7-5-4-6-8-15)13-29-20(18)24-19(26)14(2)30-22-23-11-12-25(22)16-9-10-16/h4-8,11-14,16H,3,9-10H2,1-2H3,(H,24,26). The van der Waals surface area contributed by atoms with Crippen LogP contribution in [-0.2, 0) is 9.53 Å². The van der Waals surface area contributed by atoms with E-state index >= 15 is 0 Å². The number of rotatable bonds is 8. The molecule has 2 heterocycles. The van der Waals surface area contributed by atoms with E-state index in [4.69, 9.17) is 4.74 Å². The third kappa shape index (κ3) is 4.44. The SMILES string of the molecule is CCOC(=O)c1c(-c2ccccc2)csc1NC(=O)C(C)Sc1nccn1C1CC1. The number of hydrogen-bond donors (Lipinski definition) is 1. The Morgan fingerprint density at radius 3 is 2.80 bits per heavy atom. The van der Waals surface area contributed by atoms with E-state index in [1.165, 1.54) is 23.1 Å². The van der Waals surface area contributed by atoms with Crippen molar-refractivity contribution in [3.63, 3.8) is 0 Å². The number of thiophene rings is 1. The maximum absolute atomic E-state index is 12.9. The number of esters is 1. The first-order valence-electron chi connectivity index (χ1n) is 9.92. The minimum absolute atomic E-state index is 0.169. The predicted molar refractivity (Wildman–Crippen MR) is 120 cm³/mol. The number of carbonyl (C=O) groups is 2. The summed E-state index contributed by atoms with van der Waals surface area (Å²) in [5.74, 6) is -0.602. The van der Waals surface area contributed by atoms with Gasteiger partial charge in [0.15, 0.2) is 5.16 Å². The average Bonchev–Trinajstić information content (AvgIpc) is 3.34. The van der Waals surface area contributed by atoms with E-state index in [9.17, 15) is 9.59 Å². The van der Waals surface area contributed by atoms with Gasteiger partial charge in [0.05, 0.1) is 11.9 Å². The lowest BCUT2D eigenvalue weighted by Gasteiger charge is -2.13. The number of nitrogens with one attached hydrogen (secondary N) is 1. The van der Waals surface area contributed by atoms with Crippen molar-refractivity contribution in [1.82, 2.24) is 9.55 Å². The monoisotopic (exact) mass is 441 g/mol. The van der Waals surface area contributed by atoms with Gasteiger partial charge in [-0.1, -0.05) is 42.1 Å². The molecule has 1 aliphatic rings. The van der Waals surface area contributed by atoms with Crippen LogP contribution < -0.4 is 5.32 Å². The molecule has 1 N–H and O–H groups in total. The van der Waals surface area contributed by atoms with Gasteiger partial charge in [0.25, 0.3) is 0 Å². The highest BCUT2D eigenvalue weighted by Gasteiger charge is 2.28. The summed E-state index contributed by atoms with van der Waals surface area (Å²) in [7, 11) is 0. The van der Waals surface area contributed by atoms with Gasteiger partial charge in [0, 0.05) is 29.4 Å². The van der Waals surface area contributed by atoms with Gasteiger partial charge in [-0.05, 0) is 32.3 Å². The molecule has 1 aromatic carbocycles. The maximum atomic E-state index is 12.9. The molecule has 3 aromatic rings. The van der Waals surface area contributed by atoms with Gasteiger partial charge in [-0.15, -0.1) is 11.3 Å². The number of ether oxygens (including phenoxy) is 1.